The van der Waals surface area contributed by atoms with Crippen LogP contribution in [0.15, 0.2) is 29.2 Å². The molecule has 0 bridgehead atoms. The first-order valence-corrected chi connectivity index (χ1v) is 5.09. The average Bonchev–Trinajstić information content (AvgIpc) is 2.49. The Kier molecular flexibility index (Phi) is 2.47. The van der Waals surface area contributed by atoms with Crippen molar-refractivity contribution in [3.63, 3.8) is 0 Å². The van der Waals surface area contributed by atoms with Crippen molar-refractivity contribution in [2.45, 2.75) is 0 Å². The SMILES string of the molecule is NC1=[NH+]C(=O)S/C1=C\c1ccc(O)cc1. The molecule has 1 aromatic carbocycles. The number of nitrogens with one attached hydrogen (secondary N) is 1. The smallest absolute Gasteiger partial charge is 0.372 e. The molecular weight excluding hydrogens is 212 g/mol. The van der Waals surface area contributed by atoms with Crippen LogP contribution in [0.25, 0.3) is 6.08 Å². The number of amidine groups is 1. The number of benzene rings is 1. The van der Waals surface area contributed by atoms with E-state index in [1.54, 1.807) is 30.3 Å². The van der Waals surface area contributed by atoms with Gasteiger partial charge >= 0.3 is 5.24 Å². The standard InChI is InChI=1S/C10H8N2O2S/c11-9-8(15-10(14)12-9)5-6-1-3-7(13)4-2-6/h1-5,13H,(H2,11,12,14)/p+1/b8-5-. The van der Waals surface area contributed by atoms with E-state index >= 15 is 0 Å². The molecule has 0 unspecified atom stereocenters. The number of aromatic hydroxyl groups is 1. The van der Waals surface area contributed by atoms with Crippen LogP contribution in [0.1, 0.15) is 5.56 Å². The molecular formula is C10H9N2O2S+. The second-order valence-corrected chi connectivity index (χ2v) is 4.04. The molecule has 1 aliphatic rings. The third-order valence-electron chi connectivity index (χ3n) is 1.90. The van der Waals surface area contributed by atoms with Gasteiger partial charge in [0, 0.05) is 11.8 Å². The number of carbonyl (C=O) groups excluding carboxylic acids is 1. The summed E-state index contributed by atoms with van der Waals surface area (Å²) in [5, 5.41) is 8.92. The van der Waals surface area contributed by atoms with Crippen molar-refractivity contribution in [3.05, 3.63) is 34.7 Å². The average molecular weight is 221 g/mol. The van der Waals surface area contributed by atoms with Crippen LogP contribution in [0.2, 0.25) is 0 Å². The molecule has 1 aromatic rings. The lowest BCUT2D eigenvalue weighted by molar-refractivity contribution is -0.326. The van der Waals surface area contributed by atoms with E-state index < -0.39 is 0 Å². The highest BCUT2D eigenvalue weighted by Gasteiger charge is 2.23. The summed E-state index contributed by atoms with van der Waals surface area (Å²) in [6, 6.07) is 6.66. The Morgan fingerprint density at radius 3 is 2.53 bits per heavy atom. The Bertz CT molecular complexity index is 463. The van der Waals surface area contributed by atoms with E-state index in [0.29, 0.717) is 10.7 Å². The van der Waals surface area contributed by atoms with Gasteiger partial charge in [0.15, 0.2) is 0 Å². The molecule has 1 heterocycles. The molecule has 1 aliphatic heterocycles. The first-order chi connectivity index (χ1) is 7.15. The monoisotopic (exact) mass is 221 g/mol. The summed E-state index contributed by atoms with van der Waals surface area (Å²) in [5.74, 6) is 0.584. The van der Waals surface area contributed by atoms with Crippen LogP contribution >= 0.6 is 11.8 Å². The summed E-state index contributed by atoms with van der Waals surface area (Å²) < 4.78 is 0. The van der Waals surface area contributed by atoms with E-state index in [1.165, 1.54) is 0 Å². The van der Waals surface area contributed by atoms with Crippen LogP contribution in [-0.4, -0.2) is 16.2 Å². The van der Waals surface area contributed by atoms with Crippen molar-refractivity contribution in [2.24, 2.45) is 5.73 Å². The minimum Gasteiger partial charge on any atom is -0.508 e. The van der Waals surface area contributed by atoms with Gasteiger partial charge in [-0.05, 0) is 23.8 Å². The summed E-state index contributed by atoms with van der Waals surface area (Å²) in [6.07, 6.45) is 1.79. The van der Waals surface area contributed by atoms with Crippen molar-refractivity contribution in [3.8, 4) is 5.75 Å². The van der Waals surface area contributed by atoms with Gasteiger partial charge in [0.05, 0.1) is 0 Å². The first-order valence-electron chi connectivity index (χ1n) is 4.27. The molecule has 2 rings (SSSR count). The summed E-state index contributed by atoms with van der Waals surface area (Å²) in [5.41, 5.74) is 6.48. The normalized spacial score (nSPS) is 18.3. The minimum atomic E-state index is -0.169. The predicted octanol–water partition coefficient (Wildman–Crippen LogP) is 0.0377. The second-order valence-electron chi connectivity index (χ2n) is 3.03. The molecule has 5 heteroatoms. The number of thioether (sulfide) groups is 1. The number of rotatable bonds is 1. The van der Waals surface area contributed by atoms with Crippen LogP contribution in [0.3, 0.4) is 0 Å². The summed E-state index contributed by atoms with van der Waals surface area (Å²) >= 11 is 1.06. The highest BCUT2D eigenvalue weighted by molar-refractivity contribution is 8.17. The molecule has 1 amide bonds. The van der Waals surface area contributed by atoms with E-state index in [2.05, 4.69) is 4.99 Å². The van der Waals surface area contributed by atoms with E-state index in [0.717, 1.165) is 17.3 Å². The zero-order valence-corrected chi connectivity index (χ0v) is 8.54. The predicted molar refractivity (Wildman–Crippen MR) is 59.2 cm³/mol. The van der Waals surface area contributed by atoms with Gasteiger partial charge < -0.3 is 5.11 Å². The number of amides is 1. The third-order valence-corrected chi connectivity index (χ3v) is 2.74. The van der Waals surface area contributed by atoms with Crippen LogP contribution in [0.5, 0.6) is 5.75 Å². The van der Waals surface area contributed by atoms with Crippen molar-refractivity contribution >= 4 is 28.9 Å². The highest BCUT2D eigenvalue weighted by atomic mass is 32.2. The number of hydrogen-bond acceptors (Lipinski definition) is 4. The highest BCUT2D eigenvalue weighted by Crippen LogP contribution is 2.21. The van der Waals surface area contributed by atoms with Crippen molar-refractivity contribution in [1.82, 2.24) is 0 Å². The zero-order chi connectivity index (χ0) is 10.8. The maximum atomic E-state index is 11.0. The van der Waals surface area contributed by atoms with Crippen LogP contribution in [0, 0.1) is 0 Å². The molecule has 15 heavy (non-hydrogen) atoms. The largest absolute Gasteiger partial charge is 0.508 e. The molecule has 0 radical (unpaired) electrons. The lowest BCUT2D eigenvalue weighted by atomic mass is 10.2. The number of nitrogens with two attached hydrogens (primary N) is 1. The Balaban J connectivity index is 2.28. The maximum absolute atomic E-state index is 11.0. The summed E-state index contributed by atoms with van der Waals surface area (Å²) in [4.78, 5) is 14.2. The van der Waals surface area contributed by atoms with Gasteiger partial charge in [-0.3, -0.25) is 5.73 Å². The Labute approximate surface area is 90.5 Å². The fraction of sp³-hybridized carbons (Fsp3) is 0. The van der Waals surface area contributed by atoms with Crippen LogP contribution < -0.4 is 10.7 Å². The van der Waals surface area contributed by atoms with Gasteiger partial charge in [-0.15, -0.1) is 0 Å². The lowest BCUT2D eigenvalue weighted by Gasteiger charge is -1.94. The van der Waals surface area contributed by atoms with Crippen molar-refractivity contribution in [1.29, 1.82) is 0 Å². The molecule has 0 aromatic heterocycles. The molecule has 0 aliphatic carbocycles. The second kappa shape index (κ2) is 3.78. The lowest BCUT2D eigenvalue weighted by Crippen LogP contribution is -2.74. The van der Waals surface area contributed by atoms with Gasteiger partial charge in [0.25, 0.3) is 5.84 Å². The van der Waals surface area contributed by atoms with Gasteiger partial charge in [0.1, 0.15) is 10.7 Å². The number of hydrogen-bond donors (Lipinski definition) is 3. The topological polar surface area (TPSA) is 77.3 Å². The van der Waals surface area contributed by atoms with Crippen LogP contribution in [-0.2, 0) is 0 Å². The van der Waals surface area contributed by atoms with Crippen molar-refractivity contribution < 1.29 is 14.9 Å². The van der Waals surface area contributed by atoms with E-state index in [-0.39, 0.29) is 11.0 Å². The first kappa shape index (κ1) is 9.79. The molecule has 0 spiro atoms. The fourth-order valence-corrected chi connectivity index (χ4v) is 1.90. The summed E-state index contributed by atoms with van der Waals surface area (Å²) in [6.45, 7) is 0. The summed E-state index contributed by atoms with van der Waals surface area (Å²) in [7, 11) is 0. The molecule has 4 N–H and O–H groups in total. The van der Waals surface area contributed by atoms with Crippen molar-refractivity contribution in [2.75, 3.05) is 0 Å². The number of phenols is 1. The van der Waals surface area contributed by atoms with E-state index in [1.807, 2.05) is 0 Å². The molecule has 0 atom stereocenters. The quantitative estimate of drug-likeness (QED) is 0.625. The maximum Gasteiger partial charge on any atom is 0.372 e. The molecule has 0 fully saturated rings. The van der Waals surface area contributed by atoms with E-state index in [9.17, 15) is 4.79 Å². The van der Waals surface area contributed by atoms with E-state index in [4.69, 9.17) is 10.8 Å². The van der Waals surface area contributed by atoms with Crippen LogP contribution in [0.4, 0.5) is 4.79 Å². The Hall–Kier alpha value is -1.75. The van der Waals surface area contributed by atoms with Gasteiger partial charge in [-0.25, -0.2) is 4.79 Å². The van der Waals surface area contributed by atoms with Gasteiger partial charge in [-0.2, -0.15) is 4.99 Å². The number of phenolic OH excluding ortho intramolecular Hbond substituents is 1. The van der Waals surface area contributed by atoms with Gasteiger partial charge in [-0.1, -0.05) is 12.1 Å². The fourth-order valence-electron chi connectivity index (χ4n) is 1.18. The molecule has 0 saturated heterocycles. The van der Waals surface area contributed by atoms with Gasteiger partial charge in [0.2, 0.25) is 0 Å². The molecule has 0 saturated carbocycles. The Morgan fingerprint density at radius 1 is 1.33 bits per heavy atom. The third kappa shape index (κ3) is 2.19. The molecule has 76 valence electrons. The molecule has 4 nitrogen and oxygen atoms in total. The Morgan fingerprint density at radius 2 is 2.00 bits per heavy atom. The number of carbonyl (C=O) groups is 1. The minimum absolute atomic E-state index is 0.169. The zero-order valence-electron chi connectivity index (χ0n) is 7.73.